The Hall–Kier alpha value is -6.91. The number of carbonyl (C=O) groups is 2. The maximum atomic E-state index is 14.3. The van der Waals surface area contributed by atoms with Crippen LogP contribution in [0.3, 0.4) is 0 Å². The van der Waals surface area contributed by atoms with E-state index in [9.17, 15) is 19.8 Å². The molecule has 0 unspecified atom stereocenters. The fourth-order valence-electron chi connectivity index (χ4n) is 10.5. The van der Waals surface area contributed by atoms with Crippen LogP contribution in [0.1, 0.15) is 151 Å². The number of ketones is 1. The Morgan fingerprint density at radius 3 is 1.81 bits per heavy atom. The fraction of sp³-hybridized carbons (Fsp3) is 0.349. The molecule has 0 saturated heterocycles. The van der Waals surface area contributed by atoms with E-state index in [-0.39, 0.29) is 17.1 Å². The Morgan fingerprint density at radius 2 is 1.21 bits per heavy atom. The van der Waals surface area contributed by atoms with Crippen LogP contribution in [0.15, 0.2) is 156 Å². The van der Waals surface area contributed by atoms with Gasteiger partial charge < -0.3 is 20.0 Å². The van der Waals surface area contributed by atoms with Gasteiger partial charge in [0.2, 0.25) is 11.5 Å². The average Bonchev–Trinajstić information content (AvgIpc) is 3.71. The van der Waals surface area contributed by atoms with Gasteiger partial charge in [0.15, 0.2) is 5.71 Å². The number of para-hydroxylation sites is 2. The molecule has 0 bridgehead atoms. The minimum absolute atomic E-state index is 0.00250. The van der Waals surface area contributed by atoms with Gasteiger partial charge in [-0.15, -0.1) is 0 Å². The summed E-state index contributed by atoms with van der Waals surface area (Å²) in [6.45, 7) is 14.5. The van der Waals surface area contributed by atoms with E-state index in [2.05, 4.69) is 159 Å². The lowest BCUT2D eigenvalue weighted by Crippen LogP contribution is -2.32. The Bertz CT molecular complexity index is 2870. The highest BCUT2D eigenvalue weighted by atomic mass is 16.4. The molecule has 1 aliphatic carbocycles. The minimum Gasteiger partial charge on any atom is -0.506 e. The zero-order chi connectivity index (χ0) is 49.4. The van der Waals surface area contributed by atoms with Gasteiger partial charge in [0.1, 0.15) is 12.3 Å². The number of carboxylic acids is 1. The number of aliphatic hydroxyl groups is 1. The molecule has 0 amide bonds. The number of carbonyl (C=O) groups excluding carboxylic acids is 1. The van der Waals surface area contributed by atoms with E-state index in [0.29, 0.717) is 11.1 Å². The molecule has 0 atom stereocenters. The monoisotopic (exact) mass is 933 g/mol. The SMILES string of the molecule is CCCCCCCCCCCC[N+]1=C(/C=C2\C(=O)C(/C=C3/N(CCCC)c4ccc(C#Cc5ccc(N(c6ccccc6)c6ccccc6)cc5)cc4C3(C)C)=C2O)C(C)(C)c2cc(C(=O)O)ccc21. The number of hydrogen-bond acceptors (Lipinski definition) is 5. The zero-order valence-corrected chi connectivity index (χ0v) is 42.2. The normalized spacial score (nSPS) is 16.6. The third kappa shape index (κ3) is 10.3. The van der Waals surface area contributed by atoms with Crippen LogP contribution in [0, 0.1) is 11.8 Å². The molecule has 0 spiro atoms. The van der Waals surface area contributed by atoms with Crippen LogP contribution in [0.4, 0.5) is 28.4 Å². The number of allylic oxidation sites excluding steroid dienone is 5. The standard InChI is InChI=1S/C63H69N3O4/c1-7-9-11-12-13-14-15-16-17-24-40-65-56-38-34-47(61(69)70)42-54(56)63(5,6)58(65)44-52-59(67)51(60(52)68)43-57-62(3,4)53-41-46(33-37-55(53)64(57)39-10-8-2)30-29-45-31-35-50(36-32-45)66(48-25-20-18-21-26-48)49-27-22-19-23-28-49/h18-23,25-28,31-38,41-44H,7-17,24,39-40H2,1-6H3,(H-,67,68,69,70)/p+1. The van der Waals surface area contributed by atoms with Gasteiger partial charge in [-0.2, -0.15) is 4.58 Å². The molecule has 7 nitrogen and oxygen atoms in total. The molecule has 5 aromatic carbocycles. The molecule has 2 N–H and O–H groups in total. The van der Waals surface area contributed by atoms with Crippen molar-refractivity contribution in [2.45, 2.75) is 129 Å². The molecular formula is C63H70N3O4+. The van der Waals surface area contributed by atoms with E-state index in [1.165, 1.54) is 51.4 Å². The lowest BCUT2D eigenvalue weighted by Gasteiger charge is -2.29. The maximum absolute atomic E-state index is 14.3. The number of aromatic carboxylic acids is 1. The Labute approximate surface area is 416 Å². The van der Waals surface area contributed by atoms with Crippen LogP contribution < -0.4 is 9.80 Å². The van der Waals surface area contributed by atoms with Crippen molar-refractivity contribution < 1.29 is 24.4 Å². The molecule has 0 aromatic heterocycles. The van der Waals surface area contributed by atoms with Crippen LogP contribution in [-0.2, 0) is 15.6 Å². The highest BCUT2D eigenvalue weighted by Crippen LogP contribution is 2.50. The summed E-state index contributed by atoms with van der Waals surface area (Å²) in [5, 5.41) is 21.8. The van der Waals surface area contributed by atoms with Crippen molar-refractivity contribution in [2.75, 3.05) is 22.9 Å². The van der Waals surface area contributed by atoms with E-state index >= 15 is 0 Å². The predicted molar refractivity (Wildman–Crippen MR) is 288 cm³/mol. The molecule has 0 saturated carbocycles. The largest absolute Gasteiger partial charge is 0.506 e. The van der Waals surface area contributed by atoms with Gasteiger partial charge in [-0.05, 0) is 117 Å². The number of carboxylic acid groups (broad SMARTS) is 1. The second kappa shape index (κ2) is 21.8. The van der Waals surface area contributed by atoms with E-state index in [1.54, 1.807) is 12.1 Å². The molecule has 2 heterocycles. The minimum atomic E-state index is -0.968. The number of hydrogen-bond donors (Lipinski definition) is 2. The maximum Gasteiger partial charge on any atom is 0.335 e. The summed E-state index contributed by atoms with van der Waals surface area (Å²) in [4.78, 5) is 31.0. The number of nitrogens with zero attached hydrogens (tertiary/aromatic N) is 3. The number of Topliss-reactive ketones (excluding diaryl/α,β-unsaturated/α-hetero) is 1. The average molecular weight is 933 g/mol. The molecule has 0 radical (unpaired) electrons. The molecule has 7 heteroatoms. The Balaban J connectivity index is 1.04. The van der Waals surface area contributed by atoms with Gasteiger partial charge in [0.05, 0.1) is 22.1 Å². The summed E-state index contributed by atoms with van der Waals surface area (Å²) in [6, 6.07) is 40.9. The van der Waals surface area contributed by atoms with Gasteiger partial charge in [-0.25, -0.2) is 4.79 Å². The third-order valence-electron chi connectivity index (χ3n) is 14.6. The number of benzene rings is 5. The van der Waals surface area contributed by atoms with Crippen molar-refractivity contribution in [2.24, 2.45) is 0 Å². The summed E-state index contributed by atoms with van der Waals surface area (Å²) < 4.78 is 2.25. The van der Waals surface area contributed by atoms with Crippen LogP contribution in [0.25, 0.3) is 0 Å². The topological polar surface area (TPSA) is 84.1 Å². The second-order valence-corrected chi connectivity index (χ2v) is 20.2. The number of rotatable bonds is 20. The summed E-state index contributed by atoms with van der Waals surface area (Å²) in [5.41, 5.74) is 10.8. The lowest BCUT2D eigenvalue weighted by atomic mass is 9.77. The van der Waals surface area contributed by atoms with E-state index in [1.807, 2.05) is 30.4 Å². The van der Waals surface area contributed by atoms with Gasteiger partial charge >= 0.3 is 5.97 Å². The van der Waals surface area contributed by atoms with E-state index < -0.39 is 16.8 Å². The molecule has 0 fully saturated rings. The second-order valence-electron chi connectivity index (χ2n) is 20.2. The quantitative estimate of drug-likeness (QED) is 0.0350. The highest BCUT2D eigenvalue weighted by Gasteiger charge is 2.47. The molecular weight excluding hydrogens is 863 g/mol. The molecule has 70 heavy (non-hydrogen) atoms. The van der Waals surface area contributed by atoms with E-state index in [0.717, 1.165) is 101 Å². The number of anilines is 4. The Kier molecular flexibility index (Phi) is 15.4. The van der Waals surface area contributed by atoms with Crippen LogP contribution in [0.5, 0.6) is 0 Å². The number of unbranched alkanes of at least 4 members (excludes halogenated alkanes) is 10. The molecule has 8 rings (SSSR count). The number of fused-ring (bicyclic) bond motifs is 2. The third-order valence-corrected chi connectivity index (χ3v) is 14.6. The van der Waals surface area contributed by atoms with Crippen LogP contribution >= 0.6 is 0 Å². The first kappa shape index (κ1) is 49.5. The van der Waals surface area contributed by atoms with Crippen molar-refractivity contribution in [3.63, 3.8) is 0 Å². The molecule has 3 aliphatic rings. The van der Waals surface area contributed by atoms with Crippen molar-refractivity contribution in [3.8, 4) is 11.8 Å². The van der Waals surface area contributed by atoms with E-state index in [4.69, 9.17) is 0 Å². The summed E-state index contributed by atoms with van der Waals surface area (Å²) in [7, 11) is 0. The molecule has 5 aromatic rings. The Morgan fingerprint density at radius 1 is 0.643 bits per heavy atom. The van der Waals surface area contributed by atoms with Crippen LogP contribution in [0.2, 0.25) is 0 Å². The van der Waals surface area contributed by atoms with Crippen molar-refractivity contribution in [1.29, 1.82) is 0 Å². The van der Waals surface area contributed by atoms with Crippen molar-refractivity contribution in [3.05, 3.63) is 184 Å². The lowest BCUT2D eigenvalue weighted by molar-refractivity contribution is -0.438. The van der Waals surface area contributed by atoms with Crippen LogP contribution in [-0.4, -0.2) is 45.3 Å². The first-order chi connectivity index (χ1) is 33.8. The predicted octanol–water partition coefficient (Wildman–Crippen LogP) is 15.4. The van der Waals surface area contributed by atoms with Gasteiger partial charge in [-0.3, -0.25) is 4.79 Å². The molecule has 360 valence electrons. The van der Waals surface area contributed by atoms with Gasteiger partial charge in [-0.1, -0.05) is 134 Å². The summed E-state index contributed by atoms with van der Waals surface area (Å²) in [6.07, 6.45) is 18.0. The highest BCUT2D eigenvalue weighted by molar-refractivity contribution is 6.24. The summed E-state index contributed by atoms with van der Waals surface area (Å²) in [5.74, 6) is 5.69. The first-order valence-electron chi connectivity index (χ1n) is 25.7. The van der Waals surface area contributed by atoms with Crippen molar-refractivity contribution in [1.82, 2.24) is 0 Å². The summed E-state index contributed by atoms with van der Waals surface area (Å²) >= 11 is 0. The van der Waals surface area contributed by atoms with Crippen molar-refractivity contribution >= 4 is 45.9 Å². The first-order valence-corrected chi connectivity index (χ1v) is 25.7. The van der Waals surface area contributed by atoms with Gasteiger partial charge in [0.25, 0.3) is 0 Å². The zero-order valence-electron chi connectivity index (χ0n) is 42.2. The smallest absolute Gasteiger partial charge is 0.335 e. The number of aliphatic hydroxyl groups excluding tert-OH is 1. The molecule has 2 aliphatic heterocycles. The fourth-order valence-corrected chi connectivity index (χ4v) is 10.5. The van der Waals surface area contributed by atoms with Gasteiger partial charge in [0, 0.05) is 75.7 Å².